The van der Waals surface area contributed by atoms with Crippen molar-refractivity contribution in [3.63, 3.8) is 0 Å². The molecule has 8 heteroatoms. The number of nitrogens with zero attached hydrogens (tertiary/aromatic N) is 6. The van der Waals surface area contributed by atoms with Crippen LogP contribution >= 0.6 is 0 Å². The van der Waals surface area contributed by atoms with Crippen LogP contribution in [0.1, 0.15) is 60.9 Å². The number of hydrogen-bond acceptors (Lipinski definition) is 7. The largest absolute Gasteiger partial charge is 0.341 e. The third kappa shape index (κ3) is 3.08. The summed E-state index contributed by atoms with van der Waals surface area (Å²) in [6, 6.07) is 1.55. The first kappa shape index (κ1) is 16.0. The second-order valence-corrected chi connectivity index (χ2v) is 6.49. The maximum absolute atomic E-state index is 13.0. The van der Waals surface area contributed by atoms with Gasteiger partial charge < -0.3 is 14.3 Å². The molecule has 2 aromatic rings. The number of anilines is 1. The Labute approximate surface area is 146 Å². The molecule has 132 valence electrons. The molecule has 0 aromatic carbocycles. The molecule has 25 heavy (non-hydrogen) atoms. The Morgan fingerprint density at radius 3 is 2.84 bits per heavy atom. The molecule has 2 aliphatic rings. The molecule has 4 heterocycles. The standard InChI is InChI=1S/C17H22N6O2/c1-2-14-20-15(21-25-14)13-6-5-11-23(13)16(24)12-7-8-18-17(19-12)22-9-3-4-10-22/h7-8,13H,2-6,9-11H2,1H3/t13-/m0/s1. The van der Waals surface area contributed by atoms with E-state index < -0.39 is 0 Å². The number of amides is 1. The van der Waals surface area contributed by atoms with E-state index in [9.17, 15) is 4.79 Å². The van der Waals surface area contributed by atoms with Crippen LogP contribution in [-0.2, 0) is 6.42 Å². The molecule has 2 fully saturated rings. The highest BCUT2D eigenvalue weighted by Crippen LogP contribution is 2.31. The third-order valence-corrected chi connectivity index (χ3v) is 4.85. The number of likely N-dealkylation sites (tertiary alicyclic amines) is 1. The van der Waals surface area contributed by atoms with Crippen molar-refractivity contribution in [2.45, 2.75) is 45.1 Å². The molecule has 2 aliphatic heterocycles. The minimum atomic E-state index is -0.137. The summed E-state index contributed by atoms with van der Waals surface area (Å²) in [7, 11) is 0. The van der Waals surface area contributed by atoms with Crippen LogP contribution in [0.2, 0.25) is 0 Å². The van der Waals surface area contributed by atoms with Crippen LogP contribution < -0.4 is 4.90 Å². The van der Waals surface area contributed by atoms with Gasteiger partial charge in [-0.25, -0.2) is 9.97 Å². The van der Waals surface area contributed by atoms with Gasteiger partial charge in [-0.3, -0.25) is 4.79 Å². The van der Waals surface area contributed by atoms with Gasteiger partial charge in [0.2, 0.25) is 11.8 Å². The van der Waals surface area contributed by atoms with Crippen LogP contribution in [0.25, 0.3) is 0 Å². The molecular weight excluding hydrogens is 320 g/mol. The van der Waals surface area contributed by atoms with Crippen molar-refractivity contribution in [2.24, 2.45) is 0 Å². The van der Waals surface area contributed by atoms with Gasteiger partial charge >= 0.3 is 0 Å². The number of carbonyl (C=O) groups is 1. The van der Waals surface area contributed by atoms with E-state index in [4.69, 9.17) is 4.52 Å². The number of hydrogen-bond donors (Lipinski definition) is 0. The minimum absolute atomic E-state index is 0.0896. The first-order chi connectivity index (χ1) is 12.3. The highest BCUT2D eigenvalue weighted by molar-refractivity contribution is 5.93. The van der Waals surface area contributed by atoms with Crippen molar-refractivity contribution in [1.82, 2.24) is 25.0 Å². The Balaban J connectivity index is 1.56. The van der Waals surface area contributed by atoms with Crippen LogP contribution in [0.5, 0.6) is 0 Å². The molecule has 0 spiro atoms. The quantitative estimate of drug-likeness (QED) is 0.839. The lowest BCUT2D eigenvalue weighted by atomic mass is 10.2. The molecule has 2 saturated heterocycles. The molecule has 0 unspecified atom stereocenters. The molecule has 0 N–H and O–H groups in total. The van der Waals surface area contributed by atoms with Crippen LogP contribution in [0.4, 0.5) is 5.95 Å². The molecular formula is C17H22N6O2. The number of aromatic nitrogens is 4. The van der Waals surface area contributed by atoms with Crippen LogP contribution in [-0.4, -0.2) is 50.5 Å². The van der Waals surface area contributed by atoms with Gasteiger partial charge in [0, 0.05) is 32.3 Å². The zero-order valence-corrected chi connectivity index (χ0v) is 14.4. The van der Waals surface area contributed by atoms with Gasteiger partial charge in [0.1, 0.15) is 5.69 Å². The molecule has 2 aromatic heterocycles. The molecule has 0 bridgehead atoms. The van der Waals surface area contributed by atoms with Gasteiger partial charge in [0.15, 0.2) is 5.82 Å². The summed E-state index contributed by atoms with van der Waals surface area (Å²) in [5.41, 5.74) is 0.433. The lowest BCUT2D eigenvalue weighted by Crippen LogP contribution is -2.32. The van der Waals surface area contributed by atoms with Gasteiger partial charge in [-0.05, 0) is 31.7 Å². The van der Waals surface area contributed by atoms with Gasteiger partial charge in [0.05, 0.1) is 6.04 Å². The third-order valence-electron chi connectivity index (χ3n) is 4.85. The van der Waals surface area contributed by atoms with E-state index in [1.54, 1.807) is 17.2 Å². The average Bonchev–Trinajstić information content (AvgIpc) is 3.41. The van der Waals surface area contributed by atoms with Crippen molar-refractivity contribution in [2.75, 3.05) is 24.5 Å². The van der Waals surface area contributed by atoms with Gasteiger partial charge in [0.25, 0.3) is 5.91 Å². The summed E-state index contributed by atoms with van der Waals surface area (Å²) >= 11 is 0. The first-order valence-electron chi connectivity index (χ1n) is 8.97. The smallest absolute Gasteiger partial charge is 0.273 e. The fourth-order valence-corrected chi connectivity index (χ4v) is 3.51. The van der Waals surface area contributed by atoms with Crippen LogP contribution in [0.3, 0.4) is 0 Å². The molecule has 8 nitrogen and oxygen atoms in total. The van der Waals surface area contributed by atoms with E-state index in [-0.39, 0.29) is 11.9 Å². The summed E-state index contributed by atoms with van der Waals surface area (Å²) in [5, 5.41) is 4.05. The van der Waals surface area contributed by atoms with E-state index in [1.807, 2.05) is 6.92 Å². The molecule has 0 aliphatic carbocycles. The predicted molar refractivity (Wildman–Crippen MR) is 90.2 cm³/mol. The molecule has 1 amide bonds. The average molecular weight is 342 g/mol. The van der Waals surface area contributed by atoms with Crippen molar-refractivity contribution < 1.29 is 9.32 Å². The van der Waals surface area contributed by atoms with E-state index in [2.05, 4.69) is 25.0 Å². The van der Waals surface area contributed by atoms with Crippen molar-refractivity contribution in [3.05, 3.63) is 29.7 Å². The maximum Gasteiger partial charge on any atom is 0.273 e. The minimum Gasteiger partial charge on any atom is -0.341 e. The Morgan fingerprint density at radius 2 is 2.08 bits per heavy atom. The number of carbonyl (C=O) groups excluding carboxylic acids is 1. The van der Waals surface area contributed by atoms with E-state index in [1.165, 1.54) is 0 Å². The first-order valence-corrected chi connectivity index (χ1v) is 8.97. The Kier molecular flexibility index (Phi) is 4.33. The second kappa shape index (κ2) is 6.78. The normalized spacial score (nSPS) is 20.4. The van der Waals surface area contributed by atoms with Gasteiger partial charge in [-0.2, -0.15) is 4.98 Å². The monoisotopic (exact) mass is 342 g/mol. The SMILES string of the molecule is CCc1nc([C@@H]2CCCN2C(=O)c2ccnc(N3CCCC3)n2)no1. The summed E-state index contributed by atoms with van der Waals surface area (Å²) in [6.45, 7) is 4.55. The summed E-state index contributed by atoms with van der Waals surface area (Å²) < 4.78 is 5.22. The molecule has 1 atom stereocenters. The highest BCUT2D eigenvalue weighted by atomic mass is 16.5. The topological polar surface area (TPSA) is 88.3 Å². The Morgan fingerprint density at radius 1 is 1.24 bits per heavy atom. The summed E-state index contributed by atoms with van der Waals surface area (Å²) in [5.74, 6) is 1.75. The maximum atomic E-state index is 13.0. The van der Waals surface area contributed by atoms with Crippen molar-refractivity contribution >= 4 is 11.9 Å². The predicted octanol–water partition coefficient (Wildman–Crippen LogP) is 2.00. The van der Waals surface area contributed by atoms with E-state index >= 15 is 0 Å². The van der Waals surface area contributed by atoms with Crippen molar-refractivity contribution in [1.29, 1.82) is 0 Å². The Hall–Kier alpha value is -2.51. The van der Waals surface area contributed by atoms with E-state index in [0.717, 1.165) is 38.8 Å². The summed E-state index contributed by atoms with van der Waals surface area (Å²) in [4.78, 5) is 30.2. The van der Waals surface area contributed by atoms with Gasteiger partial charge in [-0.1, -0.05) is 12.1 Å². The second-order valence-electron chi connectivity index (χ2n) is 6.49. The fourth-order valence-electron chi connectivity index (χ4n) is 3.51. The molecule has 4 rings (SSSR count). The molecule has 0 saturated carbocycles. The lowest BCUT2D eigenvalue weighted by Gasteiger charge is -2.22. The zero-order chi connectivity index (χ0) is 17.2. The number of rotatable bonds is 4. The van der Waals surface area contributed by atoms with Gasteiger partial charge in [-0.15, -0.1) is 0 Å². The van der Waals surface area contributed by atoms with Crippen LogP contribution in [0, 0.1) is 0 Å². The molecule has 0 radical (unpaired) electrons. The number of aryl methyl sites for hydroxylation is 1. The fraction of sp³-hybridized carbons (Fsp3) is 0.588. The summed E-state index contributed by atoms with van der Waals surface area (Å²) in [6.07, 6.45) is 6.43. The Bertz CT molecular complexity index is 755. The van der Waals surface area contributed by atoms with Crippen LogP contribution in [0.15, 0.2) is 16.8 Å². The van der Waals surface area contributed by atoms with E-state index in [0.29, 0.717) is 36.3 Å². The van der Waals surface area contributed by atoms with Crippen molar-refractivity contribution in [3.8, 4) is 0 Å². The lowest BCUT2D eigenvalue weighted by molar-refractivity contribution is 0.0722. The highest BCUT2D eigenvalue weighted by Gasteiger charge is 2.34. The zero-order valence-electron chi connectivity index (χ0n) is 14.4.